The predicted molar refractivity (Wildman–Crippen MR) is 84.5 cm³/mol. The van der Waals surface area contributed by atoms with Crippen molar-refractivity contribution in [1.29, 1.82) is 0 Å². The Morgan fingerprint density at radius 2 is 1.83 bits per heavy atom. The van der Waals surface area contributed by atoms with E-state index in [4.69, 9.17) is 9.94 Å². The molecule has 0 aliphatic rings. The molecule has 0 saturated heterocycles. The molecule has 0 fully saturated rings. The van der Waals surface area contributed by atoms with Crippen molar-refractivity contribution >= 4 is 11.8 Å². The van der Waals surface area contributed by atoms with Gasteiger partial charge in [0.05, 0.1) is 18.9 Å². The molecule has 23 heavy (non-hydrogen) atoms. The predicted octanol–water partition coefficient (Wildman–Crippen LogP) is 2.45. The first-order valence-corrected chi connectivity index (χ1v) is 7.37. The van der Waals surface area contributed by atoms with Crippen LogP contribution in [0.2, 0.25) is 0 Å². The lowest BCUT2D eigenvalue weighted by Crippen LogP contribution is -2.36. The zero-order valence-electron chi connectivity index (χ0n) is 13.1. The molecule has 1 heterocycles. The van der Waals surface area contributed by atoms with Crippen LogP contribution in [0.15, 0.2) is 48.8 Å². The van der Waals surface area contributed by atoms with Gasteiger partial charge in [-0.25, -0.2) is 5.48 Å². The Hall–Kier alpha value is -2.60. The number of ether oxygens (including phenoxy) is 1. The van der Waals surface area contributed by atoms with Crippen LogP contribution in [0.1, 0.15) is 29.6 Å². The fourth-order valence-electron chi connectivity index (χ4n) is 2.66. The molecular formula is C17H20N2O4. The quantitative estimate of drug-likeness (QED) is 0.633. The number of hydrogen-bond acceptors (Lipinski definition) is 4. The van der Waals surface area contributed by atoms with E-state index < -0.39 is 17.7 Å². The number of hydroxylamine groups is 1. The smallest absolute Gasteiger partial charge is 0.247 e. The van der Waals surface area contributed by atoms with Crippen LogP contribution in [0.3, 0.4) is 0 Å². The Morgan fingerprint density at radius 1 is 1.22 bits per heavy atom. The van der Waals surface area contributed by atoms with Crippen LogP contribution in [0.5, 0.6) is 5.75 Å². The first-order valence-electron chi connectivity index (χ1n) is 7.37. The van der Waals surface area contributed by atoms with Gasteiger partial charge in [0.25, 0.3) is 0 Å². The van der Waals surface area contributed by atoms with E-state index in [1.54, 1.807) is 68.3 Å². The second kappa shape index (κ2) is 7.60. The van der Waals surface area contributed by atoms with Gasteiger partial charge in [-0.2, -0.15) is 0 Å². The highest BCUT2D eigenvalue weighted by Crippen LogP contribution is 2.30. The van der Waals surface area contributed by atoms with E-state index in [1.165, 1.54) is 4.57 Å². The van der Waals surface area contributed by atoms with Gasteiger partial charge in [-0.1, -0.05) is 19.1 Å². The minimum Gasteiger partial charge on any atom is -0.497 e. The Morgan fingerprint density at radius 3 is 2.30 bits per heavy atom. The van der Waals surface area contributed by atoms with Gasteiger partial charge >= 0.3 is 0 Å². The topological polar surface area (TPSA) is 80.6 Å². The van der Waals surface area contributed by atoms with Gasteiger partial charge in [0.2, 0.25) is 11.8 Å². The van der Waals surface area contributed by atoms with Crippen molar-refractivity contribution in [1.82, 2.24) is 10.0 Å². The third kappa shape index (κ3) is 3.60. The van der Waals surface area contributed by atoms with E-state index in [0.717, 1.165) is 0 Å². The van der Waals surface area contributed by atoms with E-state index in [0.29, 0.717) is 17.7 Å². The molecule has 0 unspecified atom stereocenters. The van der Waals surface area contributed by atoms with Gasteiger partial charge in [0.15, 0.2) is 0 Å². The summed E-state index contributed by atoms with van der Waals surface area (Å²) in [7, 11) is 1.56. The minimum atomic E-state index is -0.703. The summed E-state index contributed by atoms with van der Waals surface area (Å²) in [5.41, 5.74) is 2.36. The number of methoxy groups -OCH3 is 1. The molecule has 0 bridgehead atoms. The summed E-state index contributed by atoms with van der Waals surface area (Å²) >= 11 is 0. The SMILES string of the molecule is CC[C@H](C(=O)NO)[C@H](C(=O)n1cccc1)c1ccc(OC)cc1. The summed E-state index contributed by atoms with van der Waals surface area (Å²) in [6.45, 7) is 1.80. The fraction of sp³-hybridized carbons (Fsp3) is 0.294. The second-order valence-electron chi connectivity index (χ2n) is 5.17. The van der Waals surface area contributed by atoms with E-state index in [1.807, 2.05) is 0 Å². The first kappa shape index (κ1) is 16.8. The highest BCUT2D eigenvalue weighted by Gasteiger charge is 2.34. The standard InChI is InChI=1S/C17H20N2O4/c1-3-14(16(20)18-22)15(17(21)19-10-4-5-11-19)12-6-8-13(23-2)9-7-12/h4-11,14-15,22H,3H2,1-2H3,(H,18,20)/t14-,15+/m0/s1. The molecule has 1 amide bonds. The molecule has 0 radical (unpaired) electrons. The number of nitrogens with zero attached hydrogens (tertiary/aromatic N) is 1. The highest BCUT2D eigenvalue weighted by atomic mass is 16.5. The summed E-state index contributed by atoms with van der Waals surface area (Å²) in [6, 6.07) is 10.5. The molecule has 0 aliphatic carbocycles. The van der Waals surface area contributed by atoms with Gasteiger partial charge in [-0.15, -0.1) is 0 Å². The molecule has 6 heteroatoms. The van der Waals surface area contributed by atoms with E-state index in [9.17, 15) is 9.59 Å². The molecule has 122 valence electrons. The number of hydrogen-bond donors (Lipinski definition) is 2. The molecule has 1 aromatic heterocycles. The Labute approximate surface area is 134 Å². The zero-order chi connectivity index (χ0) is 16.8. The average Bonchev–Trinajstić information content (AvgIpc) is 3.13. The monoisotopic (exact) mass is 316 g/mol. The maximum absolute atomic E-state index is 12.9. The molecule has 2 N–H and O–H groups in total. The van der Waals surface area contributed by atoms with E-state index in [2.05, 4.69) is 0 Å². The van der Waals surface area contributed by atoms with E-state index >= 15 is 0 Å². The molecule has 1 aromatic carbocycles. The van der Waals surface area contributed by atoms with Crippen molar-refractivity contribution in [3.05, 3.63) is 54.4 Å². The maximum Gasteiger partial charge on any atom is 0.247 e. The van der Waals surface area contributed by atoms with Gasteiger partial charge in [-0.3, -0.25) is 19.4 Å². The number of rotatable bonds is 6. The summed E-state index contributed by atoms with van der Waals surface area (Å²) < 4.78 is 6.57. The minimum absolute atomic E-state index is 0.226. The third-order valence-electron chi connectivity index (χ3n) is 3.89. The first-order chi connectivity index (χ1) is 11.1. The van der Waals surface area contributed by atoms with Crippen LogP contribution in [0.4, 0.5) is 0 Å². The van der Waals surface area contributed by atoms with Crippen molar-refractivity contribution < 1.29 is 19.5 Å². The van der Waals surface area contributed by atoms with Gasteiger partial charge in [-0.05, 0) is 36.2 Å². The highest BCUT2D eigenvalue weighted by molar-refractivity contribution is 5.92. The summed E-state index contributed by atoms with van der Waals surface area (Å²) in [5.74, 6) is -1.52. The maximum atomic E-state index is 12.9. The lowest BCUT2D eigenvalue weighted by atomic mass is 9.83. The Kier molecular flexibility index (Phi) is 5.54. The Balaban J connectivity index is 2.44. The lowest BCUT2D eigenvalue weighted by molar-refractivity contribution is -0.134. The second-order valence-corrected chi connectivity index (χ2v) is 5.17. The fourth-order valence-corrected chi connectivity index (χ4v) is 2.66. The Bertz CT molecular complexity index is 650. The van der Waals surface area contributed by atoms with Crippen LogP contribution in [-0.2, 0) is 4.79 Å². The molecule has 2 atom stereocenters. The van der Waals surface area contributed by atoms with E-state index in [-0.39, 0.29) is 5.91 Å². The van der Waals surface area contributed by atoms with Crippen LogP contribution >= 0.6 is 0 Å². The van der Waals surface area contributed by atoms with Crippen molar-refractivity contribution in [3.8, 4) is 5.75 Å². The molecule has 0 spiro atoms. The van der Waals surface area contributed by atoms with Gasteiger partial charge in [0.1, 0.15) is 5.75 Å². The zero-order valence-corrected chi connectivity index (χ0v) is 13.1. The number of nitrogens with one attached hydrogen (secondary N) is 1. The number of aromatic nitrogens is 1. The molecule has 0 aliphatic heterocycles. The average molecular weight is 316 g/mol. The van der Waals surface area contributed by atoms with Gasteiger partial charge in [0, 0.05) is 12.4 Å². The van der Waals surface area contributed by atoms with Crippen LogP contribution in [0.25, 0.3) is 0 Å². The number of benzene rings is 1. The number of amides is 1. The van der Waals surface area contributed by atoms with Crippen LogP contribution in [0, 0.1) is 5.92 Å². The molecule has 6 nitrogen and oxygen atoms in total. The summed E-state index contributed by atoms with van der Waals surface area (Å²) in [6.07, 6.45) is 3.70. The summed E-state index contributed by atoms with van der Waals surface area (Å²) in [4.78, 5) is 24.9. The van der Waals surface area contributed by atoms with Crippen molar-refractivity contribution in [2.75, 3.05) is 7.11 Å². The van der Waals surface area contributed by atoms with Crippen molar-refractivity contribution in [2.45, 2.75) is 19.3 Å². The molecule has 2 rings (SSSR count). The molecule has 2 aromatic rings. The molecule has 0 saturated carbocycles. The van der Waals surface area contributed by atoms with Crippen LogP contribution < -0.4 is 10.2 Å². The third-order valence-corrected chi connectivity index (χ3v) is 3.89. The lowest BCUT2D eigenvalue weighted by Gasteiger charge is -2.24. The largest absolute Gasteiger partial charge is 0.497 e. The number of carbonyl (C=O) groups is 2. The summed E-state index contributed by atoms with van der Waals surface area (Å²) in [5, 5.41) is 8.99. The normalized spacial score (nSPS) is 13.2. The van der Waals surface area contributed by atoms with Gasteiger partial charge < -0.3 is 4.74 Å². The van der Waals surface area contributed by atoms with Crippen LogP contribution in [-0.4, -0.2) is 28.7 Å². The van der Waals surface area contributed by atoms with Crippen molar-refractivity contribution in [2.24, 2.45) is 5.92 Å². The molecular weight excluding hydrogens is 296 g/mol. The van der Waals surface area contributed by atoms with Crippen molar-refractivity contribution in [3.63, 3.8) is 0 Å². The number of carbonyl (C=O) groups excluding carboxylic acids is 2.